The second-order valence-corrected chi connectivity index (χ2v) is 19.0. The van der Waals surface area contributed by atoms with E-state index in [4.69, 9.17) is 0 Å². The van der Waals surface area contributed by atoms with Crippen LogP contribution in [0.15, 0.2) is 98.0 Å². The Morgan fingerprint density at radius 2 is 1.36 bits per heavy atom. The van der Waals surface area contributed by atoms with Gasteiger partial charge in [0.2, 0.25) is 0 Å². The molecule has 0 fully saturated rings. The van der Waals surface area contributed by atoms with E-state index in [-0.39, 0.29) is 26.6 Å². The second kappa shape index (κ2) is 13.6. The molecule has 0 aromatic heterocycles. The van der Waals surface area contributed by atoms with Crippen molar-refractivity contribution in [3.8, 4) is 0 Å². The van der Waals surface area contributed by atoms with Crippen LogP contribution in [-0.2, 0) is 66.1 Å². The van der Waals surface area contributed by atoms with Gasteiger partial charge in [-0.25, -0.2) is 0 Å². The van der Waals surface area contributed by atoms with Crippen LogP contribution in [-0.4, -0.2) is 56.1 Å². The molecule has 2 N–H and O–H groups in total. The highest BCUT2D eigenvalue weighted by Gasteiger charge is 2.44. The summed E-state index contributed by atoms with van der Waals surface area (Å²) >= 11 is -5.48. The third-order valence-corrected chi connectivity index (χ3v) is 13.8. The third kappa shape index (κ3) is 6.65. The summed E-state index contributed by atoms with van der Waals surface area (Å²) in [4.78, 5) is 0.755. The smallest absolute Gasteiger partial charge is 0.295 e. The normalized spacial score (nSPS) is 20.2. The minimum Gasteiger partial charge on any atom is -0.768 e. The number of rotatable bonds is 9. The Labute approximate surface area is 314 Å². The van der Waals surface area contributed by atoms with Crippen LogP contribution in [0.3, 0.4) is 0 Å². The minimum absolute atomic E-state index is 0.204. The topological polar surface area (TPSA) is 192 Å². The van der Waals surface area contributed by atoms with Crippen LogP contribution in [0.2, 0.25) is 0 Å². The summed E-state index contributed by atoms with van der Waals surface area (Å²) < 4.78 is 117. The Morgan fingerprint density at radius 1 is 0.792 bits per heavy atom. The van der Waals surface area contributed by atoms with E-state index in [9.17, 15) is 43.5 Å². The number of nitrogens with zero attached hydrogens (tertiary/aromatic N) is 1. The van der Waals surface area contributed by atoms with Gasteiger partial charge in [0.15, 0.2) is 0 Å². The van der Waals surface area contributed by atoms with Crippen LogP contribution in [0.5, 0.6) is 0 Å². The molecule has 3 unspecified atom stereocenters. The number of hydrogen-bond donors (Lipinski definition) is 2. The highest BCUT2D eigenvalue weighted by molar-refractivity contribution is 7.86. The van der Waals surface area contributed by atoms with Gasteiger partial charge in [0, 0.05) is 43.6 Å². The molecular formula is C38H39NO10S4-2. The number of fused-ring (bicyclic) bond motifs is 6. The zero-order valence-electron chi connectivity index (χ0n) is 29.9. The van der Waals surface area contributed by atoms with E-state index in [1.807, 2.05) is 71.9 Å². The molecular weight excluding hydrogens is 759 g/mol. The van der Waals surface area contributed by atoms with Gasteiger partial charge in [-0.3, -0.25) is 17.5 Å². The SMILES string of the molecule is CCc1cc2c(S(=O)(=O)O)cc(S(=O)[O-])cc2c2c1C/C(=C/C=C/C=C/C1N(CC)c3ccc4c(S(=O)(=O)O)cc(S(=O)[O-])cc4c3C1(C)C)C2(C)C. The van der Waals surface area contributed by atoms with Crippen LogP contribution < -0.4 is 4.90 Å². The van der Waals surface area contributed by atoms with Crippen molar-refractivity contribution >= 4 is 69.6 Å². The molecule has 0 bridgehead atoms. The summed E-state index contributed by atoms with van der Waals surface area (Å²) in [6.45, 7) is 12.6. The van der Waals surface area contributed by atoms with E-state index in [0.717, 1.165) is 45.6 Å². The zero-order valence-corrected chi connectivity index (χ0v) is 33.1. The summed E-state index contributed by atoms with van der Waals surface area (Å²) in [6, 6.07) is 9.75. The maximum Gasteiger partial charge on any atom is 0.295 e. The summed E-state index contributed by atoms with van der Waals surface area (Å²) in [5.74, 6) is 0. The molecule has 1 aliphatic heterocycles. The monoisotopic (exact) mass is 797 g/mol. The fourth-order valence-corrected chi connectivity index (χ4v) is 10.8. The Bertz CT molecular complexity index is 2590. The van der Waals surface area contributed by atoms with Gasteiger partial charge in [0.1, 0.15) is 9.79 Å². The lowest BCUT2D eigenvalue weighted by Crippen LogP contribution is -2.39. The molecule has 15 heteroatoms. The lowest BCUT2D eigenvalue weighted by Gasteiger charge is -2.31. The van der Waals surface area contributed by atoms with E-state index in [1.54, 1.807) is 18.2 Å². The molecule has 0 saturated carbocycles. The lowest BCUT2D eigenvalue weighted by atomic mass is 9.78. The van der Waals surface area contributed by atoms with Gasteiger partial charge >= 0.3 is 0 Å². The van der Waals surface area contributed by atoms with Gasteiger partial charge in [-0.2, -0.15) is 16.8 Å². The molecule has 2 aliphatic rings. The Hall–Kier alpha value is -3.54. The van der Waals surface area contributed by atoms with E-state index in [2.05, 4.69) is 4.90 Å². The molecule has 11 nitrogen and oxygen atoms in total. The van der Waals surface area contributed by atoms with Gasteiger partial charge < -0.3 is 14.0 Å². The summed E-state index contributed by atoms with van der Waals surface area (Å²) in [5.41, 5.74) is 4.10. The molecule has 3 atom stereocenters. The lowest BCUT2D eigenvalue weighted by molar-refractivity contribution is 0.480. The first-order chi connectivity index (χ1) is 24.6. The van der Waals surface area contributed by atoms with E-state index >= 15 is 0 Å². The van der Waals surface area contributed by atoms with Crippen molar-refractivity contribution in [1.29, 1.82) is 0 Å². The van der Waals surface area contributed by atoms with Crippen molar-refractivity contribution in [3.05, 3.63) is 101 Å². The fourth-order valence-electron chi connectivity index (χ4n) is 8.32. The van der Waals surface area contributed by atoms with Crippen molar-refractivity contribution in [2.24, 2.45) is 0 Å². The molecule has 282 valence electrons. The van der Waals surface area contributed by atoms with E-state index in [0.29, 0.717) is 30.2 Å². The van der Waals surface area contributed by atoms with Gasteiger partial charge in [-0.1, -0.05) is 76.6 Å². The average Bonchev–Trinajstić information content (AvgIpc) is 3.47. The Morgan fingerprint density at radius 3 is 1.89 bits per heavy atom. The van der Waals surface area contributed by atoms with Gasteiger partial charge in [0.05, 0.1) is 6.04 Å². The number of anilines is 1. The van der Waals surface area contributed by atoms with Gasteiger partial charge in [0.25, 0.3) is 20.2 Å². The Balaban J connectivity index is 1.38. The minimum atomic E-state index is -4.73. The molecule has 1 aliphatic carbocycles. The summed E-state index contributed by atoms with van der Waals surface area (Å²) in [5, 5.41) is 1.38. The fraction of sp³-hybridized carbons (Fsp3) is 0.316. The maximum absolute atomic E-state index is 12.4. The molecule has 0 saturated heterocycles. The van der Waals surface area contributed by atoms with Crippen LogP contribution in [0.4, 0.5) is 5.69 Å². The standard InChI is InChI=1S/C38H41NO10S4/c1-7-22-16-28-30(19-25(51(42)43)21-33(28)53(47,48)49)35-27(22)17-23(37(35,3)4)12-10-9-11-13-34-38(5,6)36-29-18-24(50(40)41)20-32(52(44,45)46)26(29)14-15-31(36)39(34)8-2/h9-16,18-21,34H,7-8,17H2,1-6H3,(H,40,41)(H,42,43)(H,44,45,46)(H,47,48,49)/p-2/b10-9+,13-11+,23-12-. The molecule has 0 amide bonds. The van der Waals surface area contributed by atoms with Crippen LogP contribution in [0.1, 0.15) is 63.8 Å². The van der Waals surface area contributed by atoms with Gasteiger partial charge in [-0.05, 0) is 111 Å². The van der Waals surface area contributed by atoms with Crippen molar-refractivity contribution in [2.45, 2.75) is 90.8 Å². The van der Waals surface area contributed by atoms with Crippen molar-refractivity contribution in [2.75, 3.05) is 11.4 Å². The first kappa shape index (κ1) is 39.2. The average molecular weight is 798 g/mol. The van der Waals surface area contributed by atoms with Crippen molar-refractivity contribution < 1.29 is 43.5 Å². The number of allylic oxidation sites excluding steroid dienone is 5. The second-order valence-electron chi connectivity index (χ2n) is 14.4. The number of aryl methyl sites for hydroxylation is 1. The predicted octanol–water partition coefficient (Wildman–Crippen LogP) is 6.58. The Kier molecular flexibility index (Phi) is 10.1. The third-order valence-electron chi connectivity index (χ3n) is 10.7. The van der Waals surface area contributed by atoms with Crippen LogP contribution in [0.25, 0.3) is 21.5 Å². The first-order valence-corrected chi connectivity index (χ1v) is 21.9. The van der Waals surface area contributed by atoms with E-state index < -0.39 is 63.0 Å². The van der Waals surface area contributed by atoms with Crippen molar-refractivity contribution in [3.63, 3.8) is 0 Å². The highest BCUT2D eigenvalue weighted by atomic mass is 32.2. The van der Waals surface area contributed by atoms with Gasteiger partial charge in [-0.15, -0.1) is 0 Å². The summed E-state index contributed by atoms with van der Waals surface area (Å²) in [7, 11) is -9.46. The molecule has 0 radical (unpaired) electrons. The molecule has 6 rings (SSSR count). The van der Waals surface area contributed by atoms with Crippen molar-refractivity contribution in [1.82, 2.24) is 0 Å². The van der Waals surface area contributed by atoms with Crippen LogP contribution >= 0.6 is 0 Å². The molecule has 4 aromatic carbocycles. The summed E-state index contributed by atoms with van der Waals surface area (Å²) in [6.07, 6.45) is 10.9. The predicted molar refractivity (Wildman–Crippen MR) is 204 cm³/mol. The zero-order chi connectivity index (χ0) is 39.0. The molecule has 0 spiro atoms. The molecule has 4 aromatic rings. The number of likely N-dealkylation sites (N-methyl/N-ethyl adjacent to an activating group) is 1. The molecule has 1 heterocycles. The highest BCUT2D eigenvalue weighted by Crippen LogP contribution is 2.51. The quantitative estimate of drug-likeness (QED) is 0.106. The number of hydrogen-bond acceptors (Lipinski definition) is 9. The van der Waals surface area contributed by atoms with E-state index in [1.165, 1.54) is 12.1 Å². The molecule has 53 heavy (non-hydrogen) atoms. The number of benzene rings is 4. The largest absolute Gasteiger partial charge is 0.768 e. The van der Waals surface area contributed by atoms with Crippen LogP contribution in [0, 0.1) is 0 Å². The first-order valence-electron chi connectivity index (χ1n) is 16.8. The maximum atomic E-state index is 12.4.